The van der Waals surface area contributed by atoms with Gasteiger partial charge in [0.15, 0.2) is 0 Å². The van der Waals surface area contributed by atoms with Crippen LogP contribution in [0.3, 0.4) is 0 Å². The second kappa shape index (κ2) is 8.15. The molecule has 0 heteroatoms. The molecule has 0 aliphatic heterocycles. The number of aryl methyl sites for hydroxylation is 1. The standard InChI is InChI=1S/C16H23/c1-3-5-7-11-15-13-9-10-14-16(15)12-8-6-4-2/h6,8-10,13-14H,1,3-5,7,11-12H2,2H3. The number of unbranched alkanes of at least 4 members (excludes halogenated alkanes) is 2. The Kier molecular flexibility index (Phi) is 6.64. The van der Waals surface area contributed by atoms with Crippen LogP contribution in [0.5, 0.6) is 0 Å². The van der Waals surface area contributed by atoms with Crippen molar-refractivity contribution in [3.63, 3.8) is 0 Å². The molecule has 0 nitrogen and oxygen atoms in total. The van der Waals surface area contributed by atoms with Crippen molar-refractivity contribution in [2.45, 2.75) is 45.4 Å². The van der Waals surface area contributed by atoms with Crippen molar-refractivity contribution >= 4 is 0 Å². The maximum absolute atomic E-state index is 3.89. The van der Waals surface area contributed by atoms with Crippen LogP contribution in [-0.4, -0.2) is 0 Å². The number of rotatable bonds is 7. The lowest BCUT2D eigenvalue weighted by atomic mass is 9.99. The molecule has 0 saturated carbocycles. The molecule has 0 N–H and O–H groups in total. The first-order valence-corrected chi connectivity index (χ1v) is 6.39. The van der Waals surface area contributed by atoms with Gasteiger partial charge in [0.25, 0.3) is 0 Å². The largest absolute Gasteiger partial charge is 0.0885 e. The zero-order chi connectivity index (χ0) is 11.6. The fraction of sp³-hybridized carbons (Fsp3) is 0.438. The summed E-state index contributed by atoms with van der Waals surface area (Å²) in [6, 6.07) is 8.80. The molecule has 0 fully saturated rings. The van der Waals surface area contributed by atoms with E-state index in [2.05, 4.69) is 50.3 Å². The molecule has 0 aliphatic rings. The Balaban J connectivity index is 2.56. The summed E-state index contributed by atoms with van der Waals surface area (Å²) < 4.78 is 0. The molecule has 0 atom stereocenters. The van der Waals surface area contributed by atoms with Crippen LogP contribution in [-0.2, 0) is 12.8 Å². The third-order valence-electron chi connectivity index (χ3n) is 2.80. The molecular weight excluding hydrogens is 192 g/mol. The van der Waals surface area contributed by atoms with Crippen molar-refractivity contribution in [1.82, 2.24) is 0 Å². The highest BCUT2D eigenvalue weighted by molar-refractivity contribution is 5.29. The first-order chi connectivity index (χ1) is 7.88. The Labute approximate surface area is 100 Å². The zero-order valence-electron chi connectivity index (χ0n) is 10.4. The minimum atomic E-state index is 1.05. The lowest BCUT2D eigenvalue weighted by Crippen LogP contribution is -1.93. The van der Waals surface area contributed by atoms with Gasteiger partial charge in [-0.1, -0.05) is 63.1 Å². The van der Waals surface area contributed by atoms with E-state index in [1.165, 1.54) is 30.4 Å². The van der Waals surface area contributed by atoms with Gasteiger partial charge in [0.05, 0.1) is 0 Å². The quantitative estimate of drug-likeness (QED) is 0.455. The van der Waals surface area contributed by atoms with Crippen LogP contribution in [0.2, 0.25) is 0 Å². The molecule has 0 amide bonds. The molecule has 1 aromatic carbocycles. The molecular formula is C16H23. The number of benzene rings is 1. The van der Waals surface area contributed by atoms with Gasteiger partial charge in [-0.25, -0.2) is 0 Å². The second-order valence-electron chi connectivity index (χ2n) is 4.16. The number of allylic oxidation sites excluding steroid dienone is 2. The van der Waals surface area contributed by atoms with Crippen molar-refractivity contribution in [2.75, 3.05) is 0 Å². The summed E-state index contributed by atoms with van der Waals surface area (Å²) >= 11 is 0. The maximum Gasteiger partial charge on any atom is -0.00947 e. The van der Waals surface area contributed by atoms with E-state index in [1.54, 1.807) is 0 Å². The van der Waals surface area contributed by atoms with Crippen LogP contribution in [0.15, 0.2) is 36.4 Å². The highest BCUT2D eigenvalue weighted by Crippen LogP contribution is 2.13. The number of hydrogen-bond acceptors (Lipinski definition) is 0. The van der Waals surface area contributed by atoms with E-state index in [0.717, 1.165) is 19.3 Å². The lowest BCUT2D eigenvalue weighted by molar-refractivity contribution is 0.742. The fourth-order valence-electron chi connectivity index (χ4n) is 1.87. The highest BCUT2D eigenvalue weighted by atomic mass is 14.0. The Morgan fingerprint density at radius 3 is 2.50 bits per heavy atom. The molecule has 0 aromatic heterocycles. The van der Waals surface area contributed by atoms with Crippen molar-refractivity contribution in [1.29, 1.82) is 0 Å². The van der Waals surface area contributed by atoms with Gasteiger partial charge >= 0.3 is 0 Å². The van der Waals surface area contributed by atoms with E-state index in [4.69, 9.17) is 0 Å². The Bertz CT molecular complexity index is 310. The van der Waals surface area contributed by atoms with E-state index >= 15 is 0 Å². The predicted octanol–water partition coefficient (Wildman–Crippen LogP) is 4.74. The molecule has 1 aromatic rings. The topological polar surface area (TPSA) is 0 Å². The molecule has 0 bridgehead atoms. The van der Waals surface area contributed by atoms with Crippen molar-refractivity contribution in [3.8, 4) is 0 Å². The molecule has 0 aliphatic carbocycles. The summed E-state index contributed by atoms with van der Waals surface area (Å²) in [7, 11) is 0. The van der Waals surface area contributed by atoms with Crippen LogP contribution in [0.1, 0.15) is 43.7 Å². The maximum atomic E-state index is 3.89. The summed E-state index contributed by atoms with van der Waals surface area (Å²) in [5, 5.41) is 0. The SMILES string of the molecule is [CH2]CCCCc1ccccc1CC=CCC. The van der Waals surface area contributed by atoms with Gasteiger partial charge < -0.3 is 0 Å². The van der Waals surface area contributed by atoms with E-state index in [0.29, 0.717) is 0 Å². The van der Waals surface area contributed by atoms with E-state index in [9.17, 15) is 0 Å². The van der Waals surface area contributed by atoms with Crippen LogP contribution < -0.4 is 0 Å². The first kappa shape index (κ1) is 13.0. The van der Waals surface area contributed by atoms with Crippen molar-refractivity contribution in [2.24, 2.45) is 0 Å². The Morgan fingerprint density at radius 2 is 1.81 bits per heavy atom. The smallest absolute Gasteiger partial charge is 0.00947 e. The third-order valence-corrected chi connectivity index (χ3v) is 2.80. The van der Waals surface area contributed by atoms with Crippen LogP contribution in [0, 0.1) is 6.92 Å². The molecule has 1 rings (SSSR count). The summed E-state index contributed by atoms with van der Waals surface area (Å²) in [5.74, 6) is 0. The van der Waals surface area contributed by atoms with Crippen molar-refractivity contribution in [3.05, 3.63) is 54.5 Å². The third kappa shape index (κ3) is 4.65. The molecule has 16 heavy (non-hydrogen) atoms. The van der Waals surface area contributed by atoms with Gasteiger partial charge in [-0.15, -0.1) is 0 Å². The van der Waals surface area contributed by atoms with Gasteiger partial charge in [0.1, 0.15) is 0 Å². The monoisotopic (exact) mass is 215 g/mol. The molecule has 0 unspecified atom stereocenters. The number of hydrogen-bond donors (Lipinski definition) is 0. The van der Waals surface area contributed by atoms with E-state index in [-0.39, 0.29) is 0 Å². The second-order valence-corrected chi connectivity index (χ2v) is 4.16. The minimum Gasteiger partial charge on any atom is -0.0885 e. The fourth-order valence-corrected chi connectivity index (χ4v) is 1.87. The van der Waals surface area contributed by atoms with Crippen LogP contribution in [0.4, 0.5) is 0 Å². The summed E-state index contributed by atoms with van der Waals surface area (Å²) in [4.78, 5) is 0. The first-order valence-electron chi connectivity index (χ1n) is 6.39. The van der Waals surface area contributed by atoms with Crippen LogP contribution in [0.25, 0.3) is 0 Å². The van der Waals surface area contributed by atoms with Gasteiger partial charge in [0.2, 0.25) is 0 Å². The van der Waals surface area contributed by atoms with Gasteiger partial charge in [-0.2, -0.15) is 0 Å². The highest BCUT2D eigenvalue weighted by Gasteiger charge is 1.99. The summed E-state index contributed by atoms with van der Waals surface area (Å²) in [5.41, 5.74) is 2.99. The summed E-state index contributed by atoms with van der Waals surface area (Å²) in [6.45, 7) is 6.07. The molecule has 0 heterocycles. The zero-order valence-corrected chi connectivity index (χ0v) is 10.4. The molecule has 87 valence electrons. The molecule has 0 saturated heterocycles. The minimum absolute atomic E-state index is 1.05. The van der Waals surface area contributed by atoms with E-state index in [1.807, 2.05) is 0 Å². The average Bonchev–Trinajstić information content (AvgIpc) is 2.32. The normalized spacial score (nSPS) is 11.1. The summed E-state index contributed by atoms with van der Waals surface area (Å²) in [6.07, 6.45) is 11.5. The van der Waals surface area contributed by atoms with Gasteiger partial charge in [-0.3, -0.25) is 0 Å². The Hall–Kier alpha value is -1.04. The van der Waals surface area contributed by atoms with E-state index < -0.39 is 0 Å². The molecule has 0 spiro atoms. The Morgan fingerprint density at radius 1 is 1.06 bits per heavy atom. The lowest BCUT2D eigenvalue weighted by Gasteiger charge is -2.07. The molecule has 1 radical (unpaired) electrons. The van der Waals surface area contributed by atoms with Gasteiger partial charge in [-0.05, 0) is 36.8 Å². The van der Waals surface area contributed by atoms with Crippen LogP contribution >= 0.6 is 0 Å². The van der Waals surface area contributed by atoms with Gasteiger partial charge in [0, 0.05) is 0 Å². The predicted molar refractivity (Wildman–Crippen MR) is 72.5 cm³/mol. The average molecular weight is 215 g/mol. The van der Waals surface area contributed by atoms with Crippen molar-refractivity contribution < 1.29 is 0 Å².